The van der Waals surface area contributed by atoms with Gasteiger partial charge < -0.3 is 4.57 Å². The summed E-state index contributed by atoms with van der Waals surface area (Å²) in [6.45, 7) is 0.704. The van der Waals surface area contributed by atoms with E-state index in [1.165, 1.54) is 17.7 Å². The van der Waals surface area contributed by atoms with Crippen LogP contribution in [0.25, 0.3) is 11.0 Å². The normalized spacial score (nSPS) is 11.3. The van der Waals surface area contributed by atoms with Crippen molar-refractivity contribution in [3.63, 3.8) is 0 Å². The van der Waals surface area contributed by atoms with Crippen molar-refractivity contribution in [1.29, 1.82) is 0 Å². The Morgan fingerprint density at radius 3 is 2.95 bits per heavy atom. The number of halogens is 2. The third kappa shape index (κ3) is 2.51. The van der Waals surface area contributed by atoms with Gasteiger partial charge in [-0.2, -0.15) is 11.3 Å². The molecule has 0 unspecified atom stereocenters. The van der Waals surface area contributed by atoms with Crippen LogP contribution in [0.3, 0.4) is 0 Å². The van der Waals surface area contributed by atoms with E-state index in [1.807, 2.05) is 9.95 Å². The molecule has 0 bridgehead atoms. The minimum Gasteiger partial charge on any atom is -0.323 e. The van der Waals surface area contributed by atoms with Crippen molar-refractivity contribution in [2.24, 2.45) is 0 Å². The Morgan fingerprint density at radius 1 is 1.32 bits per heavy atom. The molecule has 0 amide bonds. The van der Waals surface area contributed by atoms with Crippen molar-refractivity contribution >= 4 is 34.0 Å². The topological polar surface area (TPSA) is 17.8 Å². The second-order valence-corrected chi connectivity index (χ2v) is 5.48. The number of thiophene rings is 1. The van der Waals surface area contributed by atoms with Crippen LogP contribution < -0.4 is 0 Å². The van der Waals surface area contributed by atoms with E-state index < -0.39 is 0 Å². The second kappa shape index (κ2) is 5.31. The summed E-state index contributed by atoms with van der Waals surface area (Å²) in [4.78, 5) is 4.54. The predicted molar refractivity (Wildman–Crippen MR) is 77.5 cm³/mol. The van der Waals surface area contributed by atoms with Crippen molar-refractivity contribution in [3.05, 3.63) is 52.2 Å². The Kier molecular flexibility index (Phi) is 3.53. The summed E-state index contributed by atoms with van der Waals surface area (Å²) in [5.74, 6) is 1.17. The molecule has 0 radical (unpaired) electrons. The summed E-state index contributed by atoms with van der Waals surface area (Å²) in [7, 11) is 0. The molecule has 5 heteroatoms. The highest BCUT2D eigenvalue weighted by molar-refractivity contribution is 7.07. The molecule has 2 aromatic heterocycles. The number of benzene rings is 1. The largest absolute Gasteiger partial charge is 0.323 e. The van der Waals surface area contributed by atoms with Crippen molar-refractivity contribution in [2.75, 3.05) is 5.88 Å². The van der Waals surface area contributed by atoms with E-state index >= 15 is 0 Å². The maximum Gasteiger partial charge on any atom is 0.125 e. The van der Waals surface area contributed by atoms with Gasteiger partial charge in [0.25, 0.3) is 0 Å². The van der Waals surface area contributed by atoms with Crippen LogP contribution in [-0.4, -0.2) is 15.4 Å². The lowest BCUT2D eigenvalue weighted by atomic mass is 10.3. The summed E-state index contributed by atoms with van der Waals surface area (Å²) in [5.41, 5.74) is 2.84. The highest BCUT2D eigenvalue weighted by Gasteiger charge is 2.11. The van der Waals surface area contributed by atoms with Crippen LogP contribution in [0.4, 0.5) is 4.39 Å². The first-order chi connectivity index (χ1) is 9.28. The standard InChI is InChI=1S/C14H12ClFN2S/c15-5-3-14-17-12-2-1-11(16)7-13(12)18(14)8-10-4-6-19-9-10/h1-2,4,6-7,9H,3,5,8H2. The van der Waals surface area contributed by atoms with Crippen LogP contribution in [-0.2, 0) is 13.0 Å². The SMILES string of the molecule is Fc1ccc2nc(CCCl)n(Cc3ccsc3)c2c1. The fourth-order valence-corrected chi connectivity index (χ4v) is 2.99. The zero-order chi connectivity index (χ0) is 13.2. The maximum absolute atomic E-state index is 13.4. The molecule has 0 aliphatic carbocycles. The Labute approximate surface area is 119 Å². The summed E-state index contributed by atoms with van der Waals surface area (Å²) < 4.78 is 15.5. The summed E-state index contributed by atoms with van der Waals surface area (Å²) in [6.07, 6.45) is 0.683. The highest BCUT2D eigenvalue weighted by Crippen LogP contribution is 2.20. The van der Waals surface area contributed by atoms with Gasteiger partial charge in [-0.25, -0.2) is 9.37 Å². The molecule has 2 nitrogen and oxygen atoms in total. The third-order valence-electron chi connectivity index (χ3n) is 3.03. The number of fused-ring (bicyclic) bond motifs is 1. The molecule has 3 rings (SSSR count). The van der Waals surface area contributed by atoms with Crippen LogP contribution in [0.5, 0.6) is 0 Å². The van der Waals surface area contributed by atoms with E-state index in [-0.39, 0.29) is 5.82 Å². The Morgan fingerprint density at radius 2 is 2.21 bits per heavy atom. The van der Waals surface area contributed by atoms with Gasteiger partial charge >= 0.3 is 0 Å². The van der Waals surface area contributed by atoms with Crippen LogP contribution >= 0.6 is 22.9 Å². The van der Waals surface area contributed by atoms with Gasteiger partial charge in [-0.1, -0.05) is 0 Å². The van der Waals surface area contributed by atoms with E-state index in [2.05, 4.69) is 16.4 Å². The summed E-state index contributed by atoms with van der Waals surface area (Å²) in [5, 5.41) is 4.13. The van der Waals surface area contributed by atoms with E-state index in [0.717, 1.165) is 16.9 Å². The zero-order valence-corrected chi connectivity index (χ0v) is 11.7. The molecule has 2 heterocycles. The van der Waals surface area contributed by atoms with E-state index in [0.29, 0.717) is 18.8 Å². The lowest BCUT2D eigenvalue weighted by molar-refractivity contribution is 0.628. The number of aryl methyl sites for hydroxylation is 1. The van der Waals surface area contributed by atoms with Crippen molar-refractivity contribution < 1.29 is 4.39 Å². The van der Waals surface area contributed by atoms with Gasteiger partial charge in [-0.3, -0.25) is 0 Å². The monoisotopic (exact) mass is 294 g/mol. The molecule has 1 aromatic carbocycles. The first kappa shape index (κ1) is 12.6. The average Bonchev–Trinajstić information content (AvgIpc) is 3.00. The number of nitrogens with zero attached hydrogens (tertiary/aromatic N) is 2. The highest BCUT2D eigenvalue weighted by atomic mass is 35.5. The first-order valence-electron chi connectivity index (χ1n) is 5.99. The van der Waals surface area contributed by atoms with Gasteiger partial charge in [0, 0.05) is 12.3 Å². The molecule has 0 atom stereocenters. The molecule has 3 aromatic rings. The molecular weight excluding hydrogens is 283 g/mol. The molecule has 0 saturated heterocycles. The Hall–Kier alpha value is -1.39. The number of aromatic nitrogens is 2. The molecule has 19 heavy (non-hydrogen) atoms. The Bertz CT molecular complexity index is 691. The third-order valence-corrected chi connectivity index (χ3v) is 3.95. The lowest BCUT2D eigenvalue weighted by Gasteiger charge is -2.07. The maximum atomic E-state index is 13.4. The molecule has 0 spiro atoms. The average molecular weight is 295 g/mol. The van der Waals surface area contributed by atoms with Gasteiger partial charge in [0.1, 0.15) is 11.6 Å². The molecule has 0 saturated carbocycles. The second-order valence-electron chi connectivity index (χ2n) is 4.32. The molecule has 0 aliphatic rings. The smallest absolute Gasteiger partial charge is 0.125 e. The van der Waals surface area contributed by atoms with Gasteiger partial charge in [0.2, 0.25) is 0 Å². The van der Waals surface area contributed by atoms with Crippen LogP contribution in [0, 0.1) is 5.82 Å². The molecule has 98 valence electrons. The summed E-state index contributed by atoms with van der Waals surface area (Å²) >= 11 is 7.48. The van der Waals surface area contributed by atoms with Gasteiger partial charge in [0.05, 0.1) is 17.6 Å². The van der Waals surface area contributed by atoms with Crippen molar-refractivity contribution in [1.82, 2.24) is 9.55 Å². The quantitative estimate of drug-likeness (QED) is 0.663. The van der Waals surface area contributed by atoms with Gasteiger partial charge in [0.15, 0.2) is 0 Å². The zero-order valence-electron chi connectivity index (χ0n) is 10.1. The minimum absolute atomic E-state index is 0.239. The van der Waals surface area contributed by atoms with E-state index in [4.69, 9.17) is 11.6 Å². The number of rotatable bonds is 4. The van der Waals surface area contributed by atoms with Crippen LogP contribution in [0.2, 0.25) is 0 Å². The fourth-order valence-electron chi connectivity index (χ4n) is 2.16. The molecular formula is C14H12ClFN2S. The van der Waals surface area contributed by atoms with Gasteiger partial charge in [-0.15, -0.1) is 11.6 Å². The summed E-state index contributed by atoms with van der Waals surface area (Å²) in [6, 6.07) is 6.76. The number of hydrogen-bond acceptors (Lipinski definition) is 2. The Balaban J connectivity index is 2.12. The predicted octanol–water partition coefficient (Wildman–Crippen LogP) is 4.07. The fraction of sp³-hybridized carbons (Fsp3) is 0.214. The van der Waals surface area contributed by atoms with E-state index in [1.54, 1.807) is 17.4 Å². The van der Waals surface area contributed by atoms with Crippen LogP contribution in [0.15, 0.2) is 35.0 Å². The van der Waals surface area contributed by atoms with Crippen molar-refractivity contribution in [2.45, 2.75) is 13.0 Å². The van der Waals surface area contributed by atoms with Gasteiger partial charge in [-0.05, 0) is 40.6 Å². The first-order valence-corrected chi connectivity index (χ1v) is 7.47. The molecule has 0 N–H and O–H groups in total. The number of alkyl halides is 1. The molecule has 0 fully saturated rings. The van der Waals surface area contributed by atoms with Crippen molar-refractivity contribution in [3.8, 4) is 0 Å². The van der Waals surface area contributed by atoms with E-state index in [9.17, 15) is 4.39 Å². The number of imidazole rings is 1. The van der Waals surface area contributed by atoms with Crippen LogP contribution in [0.1, 0.15) is 11.4 Å². The lowest BCUT2D eigenvalue weighted by Crippen LogP contribution is -2.05. The molecule has 0 aliphatic heterocycles. The minimum atomic E-state index is -0.239. The number of hydrogen-bond donors (Lipinski definition) is 0.